The largest absolute Gasteiger partial charge is 0.367 e. The fraction of sp³-hybridized carbons (Fsp3) is 0.583. The molecule has 1 saturated carbocycles. The molecule has 0 aromatic carbocycles. The third kappa shape index (κ3) is 2.72. The molecule has 92 valence electrons. The molecule has 0 bridgehead atoms. The van der Waals surface area contributed by atoms with Crippen molar-refractivity contribution in [1.82, 2.24) is 4.98 Å². The van der Waals surface area contributed by atoms with E-state index in [0.717, 1.165) is 6.42 Å². The van der Waals surface area contributed by atoms with Crippen molar-refractivity contribution in [2.24, 2.45) is 5.92 Å². The van der Waals surface area contributed by atoms with E-state index in [-0.39, 0.29) is 10.6 Å². The van der Waals surface area contributed by atoms with Gasteiger partial charge in [-0.25, -0.2) is 4.98 Å². The summed E-state index contributed by atoms with van der Waals surface area (Å²) in [7, 11) is 0. The minimum Gasteiger partial charge on any atom is -0.367 e. The molecule has 2 unspecified atom stereocenters. The Morgan fingerprint density at radius 2 is 2.41 bits per heavy atom. The molecule has 1 aromatic heterocycles. The van der Waals surface area contributed by atoms with Crippen molar-refractivity contribution >= 4 is 11.5 Å². The van der Waals surface area contributed by atoms with Crippen LogP contribution in [0.4, 0.5) is 11.5 Å². The predicted molar refractivity (Wildman–Crippen MR) is 66.1 cm³/mol. The van der Waals surface area contributed by atoms with E-state index in [0.29, 0.717) is 23.3 Å². The van der Waals surface area contributed by atoms with Crippen LogP contribution in [0, 0.1) is 23.0 Å². The van der Waals surface area contributed by atoms with Gasteiger partial charge in [0.2, 0.25) is 0 Å². The lowest BCUT2D eigenvalue weighted by Gasteiger charge is -2.05. The number of rotatable bonds is 5. The highest BCUT2D eigenvalue weighted by Gasteiger charge is 2.36. The Kier molecular flexibility index (Phi) is 3.26. The zero-order chi connectivity index (χ0) is 12.4. The van der Waals surface area contributed by atoms with Crippen LogP contribution < -0.4 is 5.32 Å². The van der Waals surface area contributed by atoms with E-state index in [4.69, 9.17) is 0 Å². The van der Waals surface area contributed by atoms with E-state index in [1.165, 1.54) is 18.9 Å². The molecule has 1 aromatic rings. The van der Waals surface area contributed by atoms with Crippen molar-refractivity contribution in [3.8, 4) is 0 Å². The molecule has 17 heavy (non-hydrogen) atoms. The minimum absolute atomic E-state index is 0.134. The maximum Gasteiger partial charge on any atom is 0.277 e. The van der Waals surface area contributed by atoms with Crippen LogP contribution in [-0.4, -0.2) is 15.9 Å². The highest BCUT2D eigenvalue weighted by Crippen LogP contribution is 2.37. The molecule has 0 radical (unpaired) electrons. The number of aryl methyl sites for hydroxylation is 1. The standard InChI is InChI=1S/C12H17N3O2/c1-3-4-9-5-10(9)14-12-6-11(15(16)17)8(2)7-13-12/h6-7,9-10H,3-5H2,1-2H3,(H,13,14). The summed E-state index contributed by atoms with van der Waals surface area (Å²) in [5.74, 6) is 1.33. The van der Waals surface area contributed by atoms with Crippen LogP contribution in [0.1, 0.15) is 31.7 Å². The number of hydrogen-bond acceptors (Lipinski definition) is 4. The molecule has 0 saturated heterocycles. The van der Waals surface area contributed by atoms with Crippen LogP contribution in [0.3, 0.4) is 0 Å². The second-order valence-corrected chi connectivity index (χ2v) is 4.65. The number of aromatic nitrogens is 1. The van der Waals surface area contributed by atoms with E-state index in [2.05, 4.69) is 17.2 Å². The number of hydrogen-bond donors (Lipinski definition) is 1. The first-order chi connectivity index (χ1) is 8.11. The zero-order valence-electron chi connectivity index (χ0n) is 10.1. The molecule has 5 heteroatoms. The first kappa shape index (κ1) is 11.8. The molecule has 2 rings (SSSR count). The summed E-state index contributed by atoms with van der Waals surface area (Å²) in [6.45, 7) is 3.87. The number of pyridine rings is 1. The topological polar surface area (TPSA) is 68.1 Å². The van der Waals surface area contributed by atoms with Crippen LogP contribution in [0.5, 0.6) is 0 Å². The Morgan fingerprint density at radius 1 is 1.65 bits per heavy atom. The second-order valence-electron chi connectivity index (χ2n) is 4.65. The third-order valence-corrected chi connectivity index (χ3v) is 3.19. The molecule has 5 nitrogen and oxygen atoms in total. The molecule has 1 aliphatic rings. The third-order valence-electron chi connectivity index (χ3n) is 3.19. The van der Waals surface area contributed by atoms with Crippen LogP contribution >= 0.6 is 0 Å². The number of nitro groups is 1. The SMILES string of the molecule is CCCC1CC1Nc1cc([N+](=O)[O-])c(C)cn1. The van der Waals surface area contributed by atoms with Gasteiger partial charge >= 0.3 is 0 Å². The Labute approximate surface area is 100 Å². The maximum atomic E-state index is 10.8. The molecule has 0 spiro atoms. The minimum atomic E-state index is -0.362. The number of nitrogens with zero attached hydrogens (tertiary/aromatic N) is 2. The van der Waals surface area contributed by atoms with Gasteiger partial charge in [0.05, 0.1) is 11.0 Å². The summed E-state index contributed by atoms with van der Waals surface area (Å²) in [5, 5.41) is 14.0. The smallest absolute Gasteiger partial charge is 0.277 e. The lowest BCUT2D eigenvalue weighted by molar-refractivity contribution is -0.385. The highest BCUT2D eigenvalue weighted by molar-refractivity contribution is 5.50. The van der Waals surface area contributed by atoms with Crippen molar-refractivity contribution in [1.29, 1.82) is 0 Å². The van der Waals surface area contributed by atoms with Gasteiger partial charge in [0, 0.05) is 17.8 Å². The van der Waals surface area contributed by atoms with Crippen molar-refractivity contribution in [3.05, 3.63) is 27.9 Å². The molecular formula is C12H17N3O2. The second kappa shape index (κ2) is 4.69. The molecule has 1 N–H and O–H groups in total. The van der Waals surface area contributed by atoms with Crippen molar-refractivity contribution in [2.75, 3.05) is 5.32 Å². The Hall–Kier alpha value is -1.65. The van der Waals surface area contributed by atoms with Crippen LogP contribution in [-0.2, 0) is 0 Å². The summed E-state index contributed by atoms with van der Waals surface area (Å²) in [6.07, 6.45) is 5.10. The van der Waals surface area contributed by atoms with E-state index >= 15 is 0 Å². The van der Waals surface area contributed by atoms with E-state index in [1.807, 2.05) is 0 Å². The summed E-state index contributed by atoms with van der Waals surface area (Å²) >= 11 is 0. The Bertz CT molecular complexity index is 434. The zero-order valence-corrected chi connectivity index (χ0v) is 10.1. The lowest BCUT2D eigenvalue weighted by Crippen LogP contribution is -2.07. The Morgan fingerprint density at radius 3 is 3.06 bits per heavy atom. The quantitative estimate of drug-likeness (QED) is 0.629. The van der Waals surface area contributed by atoms with Gasteiger partial charge in [0.1, 0.15) is 5.82 Å². The Balaban J connectivity index is 2.03. The van der Waals surface area contributed by atoms with Crippen molar-refractivity contribution in [3.63, 3.8) is 0 Å². The first-order valence-corrected chi connectivity index (χ1v) is 5.99. The van der Waals surface area contributed by atoms with Crippen molar-refractivity contribution in [2.45, 2.75) is 39.2 Å². The van der Waals surface area contributed by atoms with E-state index in [9.17, 15) is 10.1 Å². The highest BCUT2D eigenvalue weighted by atomic mass is 16.6. The molecule has 1 heterocycles. The number of anilines is 1. The maximum absolute atomic E-state index is 10.8. The lowest BCUT2D eigenvalue weighted by atomic mass is 10.2. The molecule has 1 fully saturated rings. The van der Waals surface area contributed by atoms with E-state index < -0.39 is 0 Å². The van der Waals surface area contributed by atoms with Gasteiger partial charge in [-0.05, 0) is 25.7 Å². The van der Waals surface area contributed by atoms with Crippen LogP contribution in [0.2, 0.25) is 0 Å². The first-order valence-electron chi connectivity index (χ1n) is 5.99. The summed E-state index contributed by atoms with van der Waals surface area (Å²) in [4.78, 5) is 14.6. The van der Waals surface area contributed by atoms with Crippen LogP contribution in [0.15, 0.2) is 12.3 Å². The monoisotopic (exact) mass is 235 g/mol. The molecule has 0 amide bonds. The van der Waals surface area contributed by atoms with Gasteiger partial charge in [-0.15, -0.1) is 0 Å². The normalized spacial score (nSPS) is 22.2. The molecular weight excluding hydrogens is 218 g/mol. The van der Waals surface area contributed by atoms with Gasteiger partial charge in [0.15, 0.2) is 0 Å². The van der Waals surface area contributed by atoms with Gasteiger partial charge in [-0.1, -0.05) is 13.3 Å². The van der Waals surface area contributed by atoms with Gasteiger partial charge in [0.25, 0.3) is 5.69 Å². The average Bonchev–Trinajstić information content (AvgIpc) is 2.99. The summed E-state index contributed by atoms with van der Waals surface area (Å²) in [5.41, 5.74) is 0.733. The van der Waals surface area contributed by atoms with Gasteiger partial charge < -0.3 is 5.32 Å². The average molecular weight is 235 g/mol. The van der Waals surface area contributed by atoms with Crippen LogP contribution in [0.25, 0.3) is 0 Å². The van der Waals surface area contributed by atoms with E-state index in [1.54, 1.807) is 13.1 Å². The summed E-state index contributed by atoms with van der Waals surface area (Å²) < 4.78 is 0. The molecule has 1 aliphatic carbocycles. The fourth-order valence-corrected chi connectivity index (χ4v) is 2.09. The molecule has 0 aliphatic heterocycles. The fourth-order valence-electron chi connectivity index (χ4n) is 2.09. The molecule has 2 atom stereocenters. The predicted octanol–water partition coefficient (Wildman–Crippen LogP) is 2.90. The summed E-state index contributed by atoms with van der Waals surface area (Å²) in [6, 6.07) is 1.97. The number of nitrogens with one attached hydrogen (secondary N) is 1. The van der Waals surface area contributed by atoms with Gasteiger partial charge in [-0.2, -0.15) is 0 Å². The van der Waals surface area contributed by atoms with Crippen molar-refractivity contribution < 1.29 is 4.92 Å². The van der Waals surface area contributed by atoms with Gasteiger partial charge in [-0.3, -0.25) is 10.1 Å².